The zero-order chi connectivity index (χ0) is 16.8. The van der Waals surface area contributed by atoms with Gasteiger partial charge in [-0.25, -0.2) is 0 Å². The van der Waals surface area contributed by atoms with Gasteiger partial charge in [-0.1, -0.05) is 43.7 Å². The van der Waals surface area contributed by atoms with Crippen molar-refractivity contribution in [3.05, 3.63) is 51.3 Å². The summed E-state index contributed by atoms with van der Waals surface area (Å²) in [5.74, 6) is 1.98. The van der Waals surface area contributed by atoms with Gasteiger partial charge < -0.3 is 5.32 Å². The van der Waals surface area contributed by atoms with Crippen molar-refractivity contribution in [1.29, 1.82) is 0 Å². The first-order valence-electron chi connectivity index (χ1n) is 7.64. The minimum Gasteiger partial charge on any atom is -0.350 e. The summed E-state index contributed by atoms with van der Waals surface area (Å²) in [6, 6.07) is 8.54. The van der Waals surface area contributed by atoms with Gasteiger partial charge in [-0.15, -0.1) is 0 Å². The number of hydrogen-bond donors (Lipinski definition) is 2. The lowest BCUT2D eigenvalue weighted by atomic mass is 10.1. The van der Waals surface area contributed by atoms with Gasteiger partial charge in [0.1, 0.15) is 0 Å². The zero-order valence-electron chi connectivity index (χ0n) is 13.6. The second-order valence-corrected chi connectivity index (χ2v) is 7.65. The second kappa shape index (κ2) is 8.55. The monoisotopic (exact) mass is 395 g/mol. The van der Waals surface area contributed by atoms with Crippen LogP contribution >= 0.6 is 27.7 Å². The molecule has 0 radical (unpaired) electrons. The van der Waals surface area contributed by atoms with Crippen molar-refractivity contribution in [1.82, 2.24) is 15.5 Å². The Labute approximate surface area is 150 Å². The third-order valence-corrected chi connectivity index (χ3v) is 5.28. The minimum absolute atomic E-state index is 0.143. The minimum atomic E-state index is -0.143. The van der Waals surface area contributed by atoms with Crippen molar-refractivity contribution >= 4 is 33.6 Å². The summed E-state index contributed by atoms with van der Waals surface area (Å²) in [5, 5.41) is 9.94. The summed E-state index contributed by atoms with van der Waals surface area (Å²) in [5.41, 5.74) is 3.96. The number of H-pyrrole nitrogens is 1. The number of amides is 1. The quantitative estimate of drug-likeness (QED) is 0.688. The number of hydrogen-bond acceptors (Lipinski definition) is 3. The summed E-state index contributed by atoms with van der Waals surface area (Å²) in [4.78, 5) is 12.1. The summed E-state index contributed by atoms with van der Waals surface area (Å²) in [6.07, 6.45) is 0. The third-order valence-electron chi connectivity index (χ3n) is 3.45. The highest BCUT2D eigenvalue weighted by molar-refractivity contribution is 9.10. The first-order chi connectivity index (χ1) is 11.0. The van der Waals surface area contributed by atoms with Crippen LogP contribution < -0.4 is 5.32 Å². The van der Waals surface area contributed by atoms with Gasteiger partial charge in [0.05, 0.1) is 10.2 Å². The standard InChI is InChI=1S/C17H22BrN3OS/c1-11(2)15-14(18)16(21-20-15)17(22)19-8-9-23-10-13-6-4-12(3)5-7-13/h4-7,11H,8-10H2,1-3H3,(H,19,22)(H,20,21). The molecule has 0 spiro atoms. The third kappa shape index (κ3) is 5.11. The number of aromatic nitrogens is 2. The SMILES string of the molecule is Cc1ccc(CSCCNC(=O)c2n[nH]c(C(C)C)c2Br)cc1. The van der Waals surface area contributed by atoms with Crippen LogP contribution in [0.3, 0.4) is 0 Å². The van der Waals surface area contributed by atoms with Crippen molar-refractivity contribution in [2.45, 2.75) is 32.4 Å². The van der Waals surface area contributed by atoms with Crippen molar-refractivity contribution in [3.63, 3.8) is 0 Å². The Balaban J connectivity index is 1.74. The molecule has 4 nitrogen and oxygen atoms in total. The van der Waals surface area contributed by atoms with Gasteiger partial charge in [0, 0.05) is 18.1 Å². The van der Waals surface area contributed by atoms with Crippen LogP contribution in [0.25, 0.3) is 0 Å². The number of nitrogens with zero attached hydrogens (tertiary/aromatic N) is 1. The van der Waals surface area contributed by atoms with Crippen LogP contribution in [0.15, 0.2) is 28.7 Å². The van der Waals surface area contributed by atoms with Crippen molar-refractivity contribution < 1.29 is 4.79 Å². The summed E-state index contributed by atoms with van der Waals surface area (Å²) >= 11 is 5.26. The van der Waals surface area contributed by atoms with Gasteiger partial charge in [0.2, 0.25) is 0 Å². The van der Waals surface area contributed by atoms with E-state index in [9.17, 15) is 4.79 Å². The Hall–Kier alpha value is -1.27. The smallest absolute Gasteiger partial charge is 0.272 e. The van der Waals surface area contributed by atoms with Crippen molar-refractivity contribution in [2.24, 2.45) is 0 Å². The van der Waals surface area contributed by atoms with Crippen LogP contribution in [0.4, 0.5) is 0 Å². The molecule has 0 aliphatic rings. The van der Waals surface area contributed by atoms with E-state index in [2.05, 4.69) is 76.5 Å². The molecule has 0 saturated heterocycles. The van der Waals surface area contributed by atoms with E-state index in [1.165, 1.54) is 11.1 Å². The van der Waals surface area contributed by atoms with Gasteiger partial charge in [-0.2, -0.15) is 16.9 Å². The number of benzene rings is 1. The molecule has 0 aliphatic carbocycles. The number of halogens is 1. The predicted molar refractivity (Wildman–Crippen MR) is 100 cm³/mol. The number of nitrogens with one attached hydrogen (secondary N) is 2. The van der Waals surface area contributed by atoms with E-state index in [0.717, 1.165) is 21.7 Å². The summed E-state index contributed by atoms with van der Waals surface area (Å²) < 4.78 is 0.761. The molecular formula is C17H22BrN3OS. The molecule has 1 aromatic heterocycles. The lowest BCUT2D eigenvalue weighted by Crippen LogP contribution is -2.26. The maximum Gasteiger partial charge on any atom is 0.272 e. The molecule has 0 fully saturated rings. The Kier molecular flexibility index (Phi) is 6.72. The van der Waals surface area contributed by atoms with Crippen LogP contribution in [0.2, 0.25) is 0 Å². The van der Waals surface area contributed by atoms with Gasteiger partial charge in [-0.3, -0.25) is 9.89 Å². The fraction of sp³-hybridized carbons (Fsp3) is 0.412. The highest BCUT2D eigenvalue weighted by Gasteiger charge is 2.18. The summed E-state index contributed by atoms with van der Waals surface area (Å²) in [6.45, 7) is 6.83. The van der Waals surface area contributed by atoms with Gasteiger partial charge >= 0.3 is 0 Å². The maximum atomic E-state index is 12.1. The molecule has 0 bridgehead atoms. The van der Waals surface area contributed by atoms with E-state index in [0.29, 0.717) is 18.2 Å². The molecule has 0 unspecified atom stereocenters. The molecule has 124 valence electrons. The Morgan fingerprint density at radius 3 is 2.65 bits per heavy atom. The fourth-order valence-corrected chi connectivity index (χ4v) is 3.70. The predicted octanol–water partition coefficient (Wildman–Crippen LogP) is 4.27. The van der Waals surface area contributed by atoms with E-state index >= 15 is 0 Å². The fourth-order valence-electron chi connectivity index (χ4n) is 2.07. The largest absolute Gasteiger partial charge is 0.350 e. The Morgan fingerprint density at radius 1 is 1.35 bits per heavy atom. The van der Waals surface area contributed by atoms with Gasteiger partial charge in [-0.05, 0) is 34.3 Å². The van der Waals surface area contributed by atoms with Crippen LogP contribution in [0.1, 0.15) is 47.1 Å². The summed E-state index contributed by atoms with van der Waals surface area (Å²) in [7, 11) is 0. The molecule has 2 rings (SSSR count). The van der Waals surface area contributed by atoms with Gasteiger partial charge in [0.25, 0.3) is 5.91 Å². The van der Waals surface area contributed by atoms with E-state index in [-0.39, 0.29) is 5.91 Å². The highest BCUT2D eigenvalue weighted by Crippen LogP contribution is 2.25. The van der Waals surface area contributed by atoms with Crippen LogP contribution in [-0.4, -0.2) is 28.4 Å². The average Bonchev–Trinajstić information content (AvgIpc) is 2.90. The number of thioether (sulfide) groups is 1. The number of aryl methyl sites for hydroxylation is 1. The van der Waals surface area contributed by atoms with E-state index in [1.54, 1.807) is 0 Å². The lowest BCUT2D eigenvalue weighted by Gasteiger charge is -2.05. The number of rotatable bonds is 7. The van der Waals surface area contributed by atoms with Crippen molar-refractivity contribution in [2.75, 3.05) is 12.3 Å². The number of carbonyl (C=O) groups excluding carboxylic acids is 1. The van der Waals surface area contributed by atoms with Crippen LogP contribution in [0.5, 0.6) is 0 Å². The zero-order valence-corrected chi connectivity index (χ0v) is 16.1. The van der Waals surface area contributed by atoms with Crippen molar-refractivity contribution in [3.8, 4) is 0 Å². The lowest BCUT2D eigenvalue weighted by molar-refractivity contribution is 0.0950. The molecule has 1 heterocycles. The molecule has 1 amide bonds. The molecule has 1 aromatic carbocycles. The number of carbonyl (C=O) groups is 1. The van der Waals surface area contributed by atoms with E-state index in [1.807, 2.05) is 11.8 Å². The first-order valence-corrected chi connectivity index (χ1v) is 9.59. The maximum absolute atomic E-state index is 12.1. The van der Waals surface area contributed by atoms with E-state index < -0.39 is 0 Å². The Bertz CT molecular complexity index is 652. The molecule has 6 heteroatoms. The molecule has 0 saturated carbocycles. The molecule has 0 atom stereocenters. The highest BCUT2D eigenvalue weighted by atomic mass is 79.9. The molecule has 2 N–H and O–H groups in total. The normalized spacial score (nSPS) is 11.0. The average molecular weight is 396 g/mol. The number of aromatic amines is 1. The molecular weight excluding hydrogens is 374 g/mol. The molecule has 2 aromatic rings. The van der Waals surface area contributed by atoms with Crippen LogP contribution in [-0.2, 0) is 5.75 Å². The topological polar surface area (TPSA) is 57.8 Å². The molecule has 23 heavy (non-hydrogen) atoms. The van der Waals surface area contributed by atoms with Gasteiger partial charge in [0.15, 0.2) is 5.69 Å². The Morgan fingerprint density at radius 2 is 2.04 bits per heavy atom. The molecule has 0 aliphatic heterocycles. The second-order valence-electron chi connectivity index (χ2n) is 5.75. The van der Waals surface area contributed by atoms with Crippen LogP contribution in [0, 0.1) is 6.92 Å². The first kappa shape index (κ1) is 18.1. The van der Waals surface area contributed by atoms with E-state index in [4.69, 9.17) is 0 Å².